The molecule has 1 aromatic carbocycles. The van der Waals surface area contributed by atoms with Crippen molar-refractivity contribution in [1.29, 1.82) is 0 Å². The molecule has 0 radical (unpaired) electrons. The van der Waals surface area contributed by atoms with E-state index < -0.39 is 0 Å². The van der Waals surface area contributed by atoms with E-state index in [9.17, 15) is 0 Å². The molecule has 0 amide bonds. The molecule has 0 saturated carbocycles. The van der Waals surface area contributed by atoms with Crippen LogP contribution in [0.5, 0.6) is 5.75 Å². The molecule has 0 bridgehead atoms. The summed E-state index contributed by atoms with van der Waals surface area (Å²) in [5.74, 6) is 6.78. The van der Waals surface area contributed by atoms with Crippen LogP contribution in [0.4, 0.5) is 0 Å². The molecule has 2 aromatic rings. The minimum absolute atomic E-state index is 0.364. The zero-order valence-electron chi connectivity index (χ0n) is 11.6. The Bertz CT molecular complexity index is 567. The highest BCUT2D eigenvalue weighted by atomic mass is 16.5. The number of nitrogens with zero attached hydrogens (tertiary/aromatic N) is 1. The van der Waals surface area contributed by atoms with E-state index in [0.29, 0.717) is 6.61 Å². The van der Waals surface area contributed by atoms with Crippen LogP contribution in [-0.2, 0) is 6.54 Å². The van der Waals surface area contributed by atoms with Crippen LogP contribution in [-0.4, -0.2) is 18.1 Å². The van der Waals surface area contributed by atoms with Crippen LogP contribution >= 0.6 is 0 Å². The van der Waals surface area contributed by atoms with Crippen molar-refractivity contribution in [3.63, 3.8) is 0 Å². The van der Waals surface area contributed by atoms with Crippen LogP contribution in [0.1, 0.15) is 18.2 Å². The summed E-state index contributed by atoms with van der Waals surface area (Å²) < 4.78 is 5.53. The van der Waals surface area contributed by atoms with Gasteiger partial charge in [0.1, 0.15) is 12.4 Å². The number of nitrogens with one attached hydrogen (secondary N) is 1. The van der Waals surface area contributed by atoms with E-state index in [1.807, 2.05) is 42.5 Å². The molecule has 1 aromatic heterocycles. The third-order valence-corrected chi connectivity index (χ3v) is 2.67. The van der Waals surface area contributed by atoms with Crippen LogP contribution in [0, 0.1) is 11.8 Å². The van der Waals surface area contributed by atoms with E-state index in [1.54, 1.807) is 6.20 Å². The lowest BCUT2D eigenvalue weighted by Crippen LogP contribution is -2.12. The summed E-state index contributed by atoms with van der Waals surface area (Å²) in [6.45, 7) is 4.16. The monoisotopic (exact) mass is 266 g/mol. The number of hydrogen-bond donors (Lipinski definition) is 1. The Labute approximate surface area is 120 Å². The number of hydrogen-bond acceptors (Lipinski definition) is 3. The van der Waals surface area contributed by atoms with E-state index in [-0.39, 0.29) is 0 Å². The van der Waals surface area contributed by atoms with Gasteiger partial charge in [-0.05, 0) is 30.8 Å². The summed E-state index contributed by atoms with van der Waals surface area (Å²) in [6.07, 6.45) is 1.73. The average Bonchev–Trinajstić information content (AvgIpc) is 2.52. The molecule has 0 aliphatic heterocycles. The summed E-state index contributed by atoms with van der Waals surface area (Å²) >= 11 is 0. The van der Waals surface area contributed by atoms with Crippen LogP contribution in [0.3, 0.4) is 0 Å². The third-order valence-electron chi connectivity index (χ3n) is 2.67. The quantitative estimate of drug-likeness (QED) is 0.845. The van der Waals surface area contributed by atoms with Gasteiger partial charge in [0.2, 0.25) is 0 Å². The van der Waals surface area contributed by atoms with Crippen molar-refractivity contribution in [2.75, 3.05) is 13.2 Å². The van der Waals surface area contributed by atoms with Gasteiger partial charge in [-0.2, -0.15) is 0 Å². The molecular weight excluding hydrogens is 248 g/mol. The zero-order valence-corrected chi connectivity index (χ0v) is 11.6. The predicted octanol–water partition coefficient (Wildman–Crippen LogP) is 2.62. The maximum atomic E-state index is 5.53. The van der Waals surface area contributed by atoms with E-state index in [2.05, 4.69) is 29.1 Å². The second kappa shape index (κ2) is 7.98. The lowest BCUT2D eigenvalue weighted by atomic mass is 10.2. The molecule has 102 valence electrons. The topological polar surface area (TPSA) is 34.1 Å². The summed E-state index contributed by atoms with van der Waals surface area (Å²) in [7, 11) is 0. The van der Waals surface area contributed by atoms with Crippen molar-refractivity contribution in [3.8, 4) is 17.6 Å². The van der Waals surface area contributed by atoms with Crippen molar-refractivity contribution in [2.24, 2.45) is 0 Å². The van der Waals surface area contributed by atoms with Crippen molar-refractivity contribution in [2.45, 2.75) is 13.5 Å². The van der Waals surface area contributed by atoms with Crippen LogP contribution in [0.15, 0.2) is 48.7 Å². The molecule has 1 heterocycles. The standard InChI is InChI=1S/C17H18N2O/c1-2-18-13-16-10-11-17(14-19-16)20-12-6-9-15-7-4-3-5-8-15/h3-5,7-8,10-11,14,18H,2,12-13H2,1H3. The number of aromatic nitrogens is 1. The summed E-state index contributed by atoms with van der Waals surface area (Å²) in [4.78, 5) is 4.32. The lowest BCUT2D eigenvalue weighted by Gasteiger charge is -2.04. The minimum Gasteiger partial charge on any atom is -0.479 e. The van der Waals surface area contributed by atoms with E-state index in [4.69, 9.17) is 4.74 Å². The van der Waals surface area contributed by atoms with Crippen molar-refractivity contribution >= 4 is 0 Å². The number of ether oxygens (including phenoxy) is 1. The first-order valence-corrected chi connectivity index (χ1v) is 6.71. The molecule has 1 N–H and O–H groups in total. The van der Waals surface area contributed by atoms with Gasteiger partial charge in [-0.25, -0.2) is 0 Å². The van der Waals surface area contributed by atoms with Crippen molar-refractivity contribution in [3.05, 3.63) is 59.9 Å². The molecule has 2 rings (SSSR count). The Morgan fingerprint density at radius 1 is 1.15 bits per heavy atom. The summed E-state index contributed by atoms with van der Waals surface area (Å²) in [5.41, 5.74) is 2.00. The molecule has 0 spiro atoms. The number of pyridine rings is 1. The van der Waals surface area contributed by atoms with Gasteiger partial charge in [0.05, 0.1) is 11.9 Å². The Morgan fingerprint density at radius 3 is 2.70 bits per heavy atom. The van der Waals surface area contributed by atoms with Crippen LogP contribution in [0.25, 0.3) is 0 Å². The Balaban J connectivity index is 1.81. The maximum absolute atomic E-state index is 5.53. The normalized spacial score (nSPS) is 9.65. The SMILES string of the molecule is CCNCc1ccc(OCC#Cc2ccccc2)cn1. The fraction of sp³-hybridized carbons (Fsp3) is 0.235. The van der Waals surface area contributed by atoms with Gasteiger partial charge in [0.15, 0.2) is 0 Å². The minimum atomic E-state index is 0.364. The first-order valence-electron chi connectivity index (χ1n) is 6.71. The van der Waals surface area contributed by atoms with Gasteiger partial charge >= 0.3 is 0 Å². The predicted molar refractivity (Wildman–Crippen MR) is 80.4 cm³/mol. The Morgan fingerprint density at radius 2 is 2.00 bits per heavy atom. The van der Waals surface area contributed by atoms with Gasteiger partial charge in [0.25, 0.3) is 0 Å². The molecule has 0 fully saturated rings. The van der Waals surface area contributed by atoms with Gasteiger partial charge in [-0.15, -0.1) is 0 Å². The van der Waals surface area contributed by atoms with Gasteiger partial charge < -0.3 is 10.1 Å². The molecule has 0 unspecified atom stereocenters. The largest absolute Gasteiger partial charge is 0.479 e. The van der Waals surface area contributed by atoms with E-state index in [1.165, 1.54) is 0 Å². The van der Waals surface area contributed by atoms with Gasteiger partial charge in [-0.3, -0.25) is 4.98 Å². The first kappa shape index (κ1) is 14.1. The highest BCUT2D eigenvalue weighted by molar-refractivity contribution is 5.33. The third kappa shape index (κ3) is 4.75. The fourth-order valence-corrected chi connectivity index (χ4v) is 1.63. The molecule has 0 aliphatic rings. The number of rotatable bonds is 5. The smallest absolute Gasteiger partial charge is 0.149 e. The maximum Gasteiger partial charge on any atom is 0.149 e. The average molecular weight is 266 g/mol. The number of benzene rings is 1. The van der Waals surface area contributed by atoms with Crippen LogP contribution in [0.2, 0.25) is 0 Å². The van der Waals surface area contributed by atoms with Crippen molar-refractivity contribution < 1.29 is 4.74 Å². The Kier molecular flexibility index (Phi) is 5.63. The van der Waals surface area contributed by atoms with E-state index >= 15 is 0 Å². The molecule has 0 saturated heterocycles. The Hall–Kier alpha value is -2.31. The second-order valence-electron chi connectivity index (χ2n) is 4.22. The molecule has 3 heteroatoms. The molecule has 0 aliphatic carbocycles. The molecule has 3 nitrogen and oxygen atoms in total. The molecule has 0 atom stereocenters. The molecule has 20 heavy (non-hydrogen) atoms. The van der Waals surface area contributed by atoms with Crippen LogP contribution < -0.4 is 10.1 Å². The molecular formula is C17H18N2O. The van der Waals surface area contributed by atoms with Crippen molar-refractivity contribution in [1.82, 2.24) is 10.3 Å². The first-order chi connectivity index (χ1) is 9.88. The summed E-state index contributed by atoms with van der Waals surface area (Å²) in [5, 5.41) is 3.23. The van der Waals surface area contributed by atoms with Gasteiger partial charge in [-0.1, -0.05) is 37.0 Å². The fourth-order valence-electron chi connectivity index (χ4n) is 1.63. The zero-order chi connectivity index (χ0) is 14.0. The summed E-state index contributed by atoms with van der Waals surface area (Å²) in [6, 6.07) is 13.7. The highest BCUT2D eigenvalue weighted by Gasteiger charge is 1.95. The lowest BCUT2D eigenvalue weighted by molar-refractivity contribution is 0.368. The second-order valence-corrected chi connectivity index (χ2v) is 4.22. The highest BCUT2D eigenvalue weighted by Crippen LogP contribution is 2.08. The van der Waals surface area contributed by atoms with Gasteiger partial charge in [0, 0.05) is 12.1 Å². The van der Waals surface area contributed by atoms with E-state index in [0.717, 1.165) is 30.1 Å².